The summed E-state index contributed by atoms with van der Waals surface area (Å²) in [6, 6.07) is 19.0. The quantitative estimate of drug-likeness (QED) is 0.704. The van der Waals surface area contributed by atoms with Gasteiger partial charge in [-0.25, -0.2) is 8.42 Å². The Morgan fingerprint density at radius 3 is 2.41 bits per heavy atom. The topological polar surface area (TPSA) is 75.7 Å². The molecule has 0 saturated heterocycles. The fourth-order valence-corrected chi connectivity index (χ4v) is 5.19. The van der Waals surface area contributed by atoms with E-state index in [0.717, 1.165) is 5.56 Å². The molecule has 4 rings (SSSR count). The molecule has 7 heteroatoms. The van der Waals surface area contributed by atoms with Gasteiger partial charge in [-0.15, -0.1) is 0 Å². The molecule has 1 heterocycles. The van der Waals surface area contributed by atoms with Crippen molar-refractivity contribution >= 4 is 27.3 Å². The van der Waals surface area contributed by atoms with Crippen molar-refractivity contribution in [1.29, 1.82) is 0 Å². The maximum absolute atomic E-state index is 12.9. The van der Waals surface area contributed by atoms with Crippen LogP contribution >= 0.6 is 0 Å². The normalized spacial score (nSPS) is 13.9. The van der Waals surface area contributed by atoms with Gasteiger partial charge in [0.2, 0.25) is 0 Å². The summed E-state index contributed by atoms with van der Waals surface area (Å²) in [6.45, 7) is 2.10. The molecule has 1 N–H and O–H groups in total. The summed E-state index contributed by atoms with van der Waals surface area (Å²) in [5, 5.41) is 2.86. The predicted octanol–water partition coefficient (Wildman–Crippen LogP) is 4.14. The zero-order chi connectivity index (χ0) is 20.6. The van der Waals surface area contributed by atoms with E-state index in [4.69, 9.17) is 4.74 Å². The van der Waals surface area contributed by atoms with Crippen LogP contribution in [0.15, 0.2) is 71.6 Å². The van der Waals surface area contributed by atoms with Crippen molar-refractivity contribution < 1.29 is 17.9 Å². The molecule has 1 aliphatic rings. The highest BCUT2D eigenvalue weighted by atomic mass is 32.2. The Labute approximate surface area is 169 Å². The molecule has 0 saturated carbocycles. The minimum absolute atomic E-state index is 0.252. The van der Waals surface area contributed by atoms with Crippen molar-refractivity contribution in [1.82, 2.24) is 0 Å². The van der Waals surface area contributed by atoms with Crippen molar-refractivity contribution in [3.63, 3.8) is 0 Å². The lowest BCUT2D eigenvalue weighted by Crippen LogP contribution is -2.34. The molecule has 0 radical (unpaired) electrons. The van der Waals surface area contributed by atoms with Gasteiger partial charge in [-0.1, -0.05) is 18.2 Å². The lowest BCUT2D eigenvalue weighted by molar-refractivity contribution is 0.102. The Morgan fingerprint density at radius 1 is 1.00 bits per heavy atom. The Hall–Kier alpha value is -3.32. The number of nitrogens with zero attached hydrogens (tertiary/aromatic N) is 1. The molecule has 0 aliphatic carbocycles. The number of rotatable bonds is 4. The summed E-state index contributed by atoms with van der Waals surface area (Å²) in [5.74, 6) is 0.432. The highest BCUT2D eigenvalue weighted by molar-refractivity contribution is 7.93. The van der Waals surface area contributed by atoms with Crippen LogP contribution in [0.5, 0.6) is 5.75 Å². The summed E-state index contributed by atoms with van der Waals surface area (Å²) < 4.78 is 32.4. The van der Waals surface area contributed by atoms with Gasteiger partial charge in [-0.2, -0.15) is 0 Å². The highest BCUT2D eigenvalue weighted by Crippen LogP contribution is 2.43. The van der Waals surface area contributed by atoms with Crippen molar-refractivity contribution in [3.05, 3.63) is 72.3 Å². The molecule has 29 heavy (non-hydrogen) atoms. The number of fused-ring (bicyclic) bond motifs is 3. The first kappa shape index (κ1) is 19.0. The van der Waals surface area contributed by atoms with Gasteiger partial charge in [0, 0.05) is 28.9 Å². The molecule has 0 unspecified atom stereocenters. The third-order valence-electron chi connectivity index (χ3n) is 4.91. The van der Waals surface area contributed by atoms with E-state index in [9.17, 15) is 13.2 Å². The van der Waals surface area contributed by atoms with Crippen LogP contribution in [0.1, 0.15) is 17.3 Å². The second-order valence-corrected chi connectivity index (χ2v) is 8.41. The average molecular weight is 408 g/mol. The number of methoxy groups -OCH3 is 1. The van der Waals surface area contributed by atoms with Gasteiger partial charge in [-0.05, 0) is 55.5 Å². The SMILES string of the molecule is CCN1c2ccc(C(=O)Nc3ccc(OC)cc3)cc2-c2ccccc2S1(=O)=O. The summed E-state index contributed by atoms with van der Waals surface area (Å²) >= 11 is 0. The van der Waals surface area contributed by atoms with Crippen LogP contribution in [0.25, 0.3) is 11.1 Å². The second-order valence-electron chi connectivity index (χ2n) is 6.58. The number of hydrogen-bond acceptors (Lipinski definition) is 4. The molecular weight excluding hydrogens is 388 g/mol. The fraction of sp³-hybridized carbons (Fsp3) is 0.136. The van der Waals surface area contributed by atoms with Crippen LogP contribution in [-0.4, -0.2) is 28.0 Å². The van der Waals surface area contributed by atoms with E-state index in [1.54, 1.807) is 80.8 Å². The number of carbonyl (C=O) groups is 1. The number of sulfonamides is 1. The predicted molar refractivity (Wildman–Crippen MR) is 113 cm³/mol. The van der Waals surface area contributed by atoms with Crippen molar-refractivity contribution in [3.8, 4) is 16.9 Å². The van der Waals surface area contributed by atoms with Gasteiger partial charge >= 0.3 is 0 Å². The molecule has 6 nitrogen and oxygen atoms in total. The summed E-state index contributed by atoms with van der Waals surface area (Å²) in [6.07, 6.45) is 0. The monoisotopic (exact) mass is 408 g/mol. The smallest absolute Gasteiger partial charge is 0.264 e. The van der Waals surface area contributed by atoms with Crippen LogP contribution < -0.4 is 14.4 Å². The molecule has 148 valence electrons. The molecule has 0 bridgehead atoms. The van der Waals surface area contributed by atoms with Gasteiger partial charge in [0.05, 0.1) is 17.7 Å². The lowest BCUT2D eigenvalue weighted by Gasteiger charge is -2.31. The van der Waals surface area contributed by atoms with Gasteiger partial charge in [-0.3, -0.25) is 9.10 Å². The van der Waals surface area contributed by atoms with Crippen LogP contribution in [0, 0.1) is 0 Å². The summed E-state index contributed by atoms with van der Waals surface area (Å²) in [5.41, 5.74) is 2.99. The molecule has 0 atom stereocenters. The number of anilines is 2. The van der Waals surface area contributed by atoms with E-state index in [-0.39, 0.29) is 10.8 Å². The highest BCUT2D eigenvalue weighted by Gasteiger charge is 2.34. The van der Waals surface area contributed by atoms with Crippen LogP contribution in [0.3, 0.4) is 0 Å². The van der Waals surface area contributed by atoms with Gasteiger partial charge in [0.25, 0.3) is 15.9 Å². The molecule has 1 aliphatic heterocycles. The Kier molecular flexibility index (Phi) is 4.76. The molecule has 3 aromatic rings. The summed E-state index contributed by atoms with van der Waals surface area (Å²) in [4.78, 5) is 13.0. The number of hydrogen-bond donors (Lipinski definition) is 1. The van der Waals surface area contributed by atoms with E-state index in [1.807, 2.05) is 0 Å². The Morgan fingerprint density at radius 2 is 1.72 bits per heavy atom. The first-order valence-electron chi connectivity index (χ1n) is 9.17. The first-order chi connectivity index (χ1) is 14.0. The third kappa shape index (κ3) is 3.23. The first-order valence-corrected chi connectivity index (χ1v) is 10.6. The average Bonchev–Trinajstić information content (AvgIpc) is 2.74. The molecule has 0 spiro atoms. The zero-order valence-electron chi connectivity index (χ0n) is 16.0. The second kappa shape index (κ2) is 7.25. The number of ether oxygens (including phenoxy) is 1. The van der Waals surface area contributed by atoms with Gasteiger partial charge in [0.15, 0.2) is 0 Å². The van der Waals surface area contributed by atoms with Crippen molar-refractivity contribution in [2.24, 2.45) is 0 Å². The summed E-state index contributed by atoms with van der Waals surface area (Å²) in [7, 11) is -2.03. The molecule has 0 fully saturated rings. The third-order valence-corrected chi connectivity index (χ3v) is 6.85. The van der Waals surface area contributed by atoms with Crippen LogP contribution in [0.4, 0.5) is 11.4 Å². The molecule has 0 aromatic heterocycles. The van der Waals surface area contributed by atoms with Crippen molar-refractivity contribution in [2.75, 3.05) is 23.3 Å². The molecule has 3 aromatic carbocycles. The van der Waals surface area contributed by atoms with E-state index in [0.29, 0.717) is 34.8 Å². The van der Waals surface area contributed by atoms with Gasteiger partial charge in [0.1, 0.15) is 5.75 Å². The van der Waals surface area contributed by atoms with E-state index < -0.39 is 10.0 Å². The minimum Gasteiger partial charge on any atom is -0.497 e. The van der Waals surface area contributed by atoms with Crippen molar-refractivity contribution in [2.45, 2.75) is 11.8 Å². The molecular formula is C22H20N2O4S. The number of nitrogens with one attached hydrogen (secondary N) is 1. The van der Waals surface area contributed by atoms with E-state index >= 15 is 0 Å². The standard InChI is InChI=1S/C22H20N2O4S/c1-3-24-20-13-8-15(22(25)23-16-9-11-17(28-2)12-10-16)14-19(20)18-6-4-5-7-21(18)29(24,26)27/h4-14H,3H2,1-2H3,(H,23,25). The maximum Gasteiger partial charge on any atom is 0.264 e. The largest absolute Gasteiger partial charge is 0.497 e. The number of amides is 1. The van der Waals surface area contributed by atoms with Crippen LogP contribution in [0.2, 0.25) is 0 Å². The Bertz CT molecular complexity index is 1190. The maximum atomic E-state index is 12.9. The van der Waals surface area contributed by atoms with Gasteiger partial charge < -0.3 is 10.1 Å². The van der Waals surface area contributed by atoms with E-state index in [1.165, 1.54) is 4.31 Å². The fourth-order valence-electron chi connectivity index (χ4n) is 3.49. The van der Waals surface area contributed by atoms with Crippen LogP contribution in [-0.2, 0) is 10.0 Å². The zero-order valence-corrected chi connectivity index (χ0v) is 16.9. The lowest BCUT2D eigenvalue weighted by atomic mass is 10.00. The number of carbonyl (C=O) groups excluding carboxylic acids is 1. The minimum atomic E-state index is -3.61. The number of benzene rings is 3. The Balaban J connectivity index is 1.74. The molecule has 1 amide bonds. The van der Waals surface area contributed by atoms with E-state index in [2.05, 4.69) is 5.32 Å².